The molecular weight excluding hydrogens is 168 g/mol. The van der Waals surface area contributed by atoms with Crippen molar-refractivity contribution in [3.8, 4) is 0 Å². The van der Waals surface area contributed by atoms with Gasteiger partial charge in [-0.3, -0.25) is 14.8 Å². The zero-order valence-corrected chi connectivity index (χ0v) is 7.32. The topological polar surface area (TPSA) is 63.1 Å². The standard InChI is InChI=1S/C9H10N2O2/c1-6-4-11-7(5-10-6)9(2-3-9)8(12)13/h4-5H,2-3H2,1H3,(H,12,13). The SMILES string of the molecule is Cc1cnc(C2(C(=O)O)CC2)cn1. The first-order valence-corrected chi connectivity index (χ1v) is 4.18. The number of nitrogens with zero attached hydrogens (tertiary/aromatic N) is 2. The van der Waals surface area contributed by atoms with Crippen molar-refractivity contribution in [2.75, 3.05) is 0 Å². The molecule has 1 heterocycles. The van der Waals surface area contributed by atoms with E-state index in [0.717, 1.165) is 5.69 Å². The van der Waals surface area contributed by atoms with E-state index in [1.165, 1.54) is 0 Å². The summed E-state index contributed by atoms with van der Waals surface area (Å²) in [5.41, 5.74) is 0.677. The Hall–Kier alpha value is -1.45. The first kappa shape index (κ1) is 8.16. The number of aromatic nitrogens is 2. The molecule has 0 bridgehead atoms. The number of rotatable bonds is 2. The highest BCUT2D eigenvalue weighted by atomic mass is 16.4. The van der Waals surface area contributed by atoms with Crippen molar-refractivity contribution in [2.24, 2.45) is 0 Å². The maximum absolute atomic E-state index is 10.9. The molecular formula is C9H10N2O2. The lowest BCUT2D eigenvalue weighted by Gasteiger charge is -2.07. The molecule has 1 aliphatic carbocycles. The second kappa shape index (κ2) is 2.52. The Morgan fingerprint density at radius 1 is 1.46 bits per heavy atom. The van der Waals surface area contributed by atoms with Crippen LogP contribution in [0.5, 0.6) is 0 Å². The number of carbonyl (C=O) groups is 1. The number of carboxylic acids is 1. The molecule has 1 saturated carbocycles. The van der Waals surface area contributed by atoms with Crippen LogP contribution in [0.4, 0.5) is 0 Å². The second-order valence-corrected chi connectivity index (χ2v) is 3.43. The molecule has 1 fully saturated rings. The average Bonchev–Trinajstić information content (AvgIpc) is 2.86. The van der Waals surface area contributed by atoms with E-state index in [1.54, 1.807) is 12.4 Å². The second-order valence-electron chi connectivity index (χ2n) is 3.43. The molecule has 0 amide bonds. The molecule has 4 heteroatoms. The highest BCUT2D eigenvalue weighted by molar-refractivity contribution is 5.84. The summed E-state index contributed by atoms with van der Waals surface area (Å²) >= 11 is 0. The van der Waals surface area contributed by atoms with E-state index in [0.29, 0.717) is 18.5 Å². The molecule has 2 rings (SSSR count). The van der Waals surface area contributed by atoms with Crippen LogP contribution in [-0.2, 0) is 10.2 Å². The summed E-state index contributed by atoms with van der Waals surface area (Å²) in [6.45, 7) is 1.83. The fraction of sp³-hybridized carbons (Fsp3) is 0.444. The van der Waals surface area contributed by atoms with Gasteiger partial charge in [-0.1, -0.05) is 0 Å². The molecule has 0 saturated heterocycles. The molecule has 1 aromatic rings. The third-order valence-electron chi connectivity index (χ3n) is 2.43. The van der Waals surface area contributed by atoms with Crippen LogP contribution < -0.4 is 0 Å². The Morgan fingerprint density at radius 2 is 2.15 bits per heavy atom. The molecule has 4 nitrogen and oxygen atoms in total. The fourth-order valence-corrected chi connectivity index (χ4v) is 1.34. The van der Waals surface area contributed by atoms with E-state index in [1.807, 2.05) is 6.92 Å². The lowest BCUT2D eigenvalue weighted by molar-refractivity contribution is -0.140. The minimum absolute atomic E-state index is 0.589. The first-order valence-electron chi connectivity index (χ1n) is 4.18. The van der Waals surface area contributed by atoms with Crippen molar-refractivity contribution in [1.29, 1.82) is 0 Å². The van der Waals surface area contributed by atoms with Crippen molar-refractivity contribution in [3.05, 3.63) is 23.8 Å². The monoisotopic (exact) mass is 178 g/mol. The zero-order valence-electron chi connectivity index (χ0n) is 7.32. The molecule has 0 spiro atoms. The van der Waals surface area contributed by atoms with Gasteiger partial charge in [0.25, 0.3) is 0 Å². The summed E-state index contributed by atoms with van der Waals surface area (Å²) in [6, 6.07) is 0. The molecule has 0 atom stereocenters. The summed E-state index contributed by atoms with van der Waals surface area (Å²) in [4.78, 5) is 19.0. The summed E-state index contributed by atoms with van der Waals surface area (Å²) in [7, 11) is 0. The number of aliphatic carboxylic acids is 1. The van der Waals surface area contributed by atoms with Gasteiger partial charge in [0, 0.05) is 12.4 Å². The van der Waals surface area contributed by atoms with E-state index in [2.05, 4.69) is 9.97 Å². The Labute approximate surface area is 75.6 Å². The summed E-state index contributed by atoms with van der Waals surface area (Å²) in [5, 5.41) is 8.96. The highest BCUT2D eigenvalue weighted by Gasteiger charge is 2.53. The molecule has 13 heavy (non-hydrogen) atoms. The van der Waals surface area contributed by atoms with E-state index in [4.69, 9.17) is 5.11 Å². The van der Waals surface area contributed by atoms with E-state index < -0.39 is 11.4 Å². The predicted molar refractivity (Wildman–Crippen MR) is 45.3 cm³/mol. The summed E-state index contributed by atoms with van der Waals surface area (Å²) < 4.78 is 0. The van der Waals surface area contributed by atoms with Gasteiger partial charge in [0.2, 0.25) is 0 Å². The Kier molecular flexibility index (Phi) is 1.58. The fourth-order valence-electron chi connectivity index (χ4n) is 1.34. The van der Waals surface area contributed by atoms with Crippen molar-refractivity contribution >= 4 is 5.97 Å². The molecule has 0 aromatic carbocycles. The number of hydrogen-bond donors (Lipinski definition) is 1. The number of aryl methyl sites for hydroxylation is 1. The molecule has 0 radical (unpaired) electrons. The lowest BCUT2D eigenvalue weighted by Crippen LogP contribution is -2.21. The van der Waals surface area contributed by atoms with Crippen molar-refractivity contribution in [1.82, 2.24) is 9.97 Å². The average molecular weight is 178 g/mol. The van der Waals surface area contributed by atoms with Gasteiger partial charge in [-0.2, -0.15) is 0 Å². The van der Waals surface area contributed by atoms with Crippen LogP contribution in [0.2, 0.25) is 0 Å². The van der Waals surface area contributed by atoms with Crippen LogP contribution in [0.3, 0.4) is 0 Å². The van der Waals surface area contributed by atoms with Gasteiger partial charge in [-0.25, -0.2) is 0 Å². The first-order chi connectivity index (χ1) is 6.15. The van der Waals surface area contributed by atoms with E-state index in [9.17, 15) is 4.79 Å². The van der Waals surface area contributed by atoms with Gasteiger partial charge in [-0.05, 0) is 19.8 Å². The number of hydrogen-bond acceptors (Lipinski definition) is 3. The molecule has 68 valence electrons. The molecule has 1 aromatic heterocycles. The highest BCUT2D eigenvalue weighted by Crippen LogP contribution is 2.47. The van der Waals surface area contributed by atoms with Gasteiger partial charge in [0.1, 0.15) is 5.41 Å². The molecule has 0 unspecified atom stereocenters. The third-order valence-corrected chi connectivity index (χ3v) is 2.43. The normalized spacial score (nSPS) is 18.2. The van der Waals surface area contributed by atoms with Gasteiger partial charge in [0.05, 0.1) is 11.4 Å². The quantitative estimate of drug-likeness (QED) is 0.730. The summed E-state index contributed by atoms with van der Waals surface area (Å²) in [6.07, 6.45) is 4.54. The van der Waals surface area contributed by atoms with E-state index >= 15 is 0 Å². The van der Waals surface area contributed by atoms with Crippen LogP contribution >= 0.6 is 0 Å². The van der Waals surface area contributed by atoms with Crippen LogP contribution in [0.1, 0.15) is 24.2 Å². The van der Waals surface area contributed by atoms with Gasteiger partial charge >= 0.3 is 5.97 Å². The number of carboxylic acid groups (broad SMARTS) is 1. The van der Waals surface area contributed by atoms with Gasteiger partial charge in [-0.15, -0.1) is 0 Å². The smallest absolute Gasteiger partial charge is 0.315 e. The van der Waals surface area contributed by atoms with Crippen LogP contribution in [-0.4, -0.2) is 21.0 Å². The molecule has 1 aliphatic rings. The van der Waals surface area contributed by atoms with Crippen molar-refractivity contribution < 1.29 is 9.90 Å². The summed E-state index contributed by atoms with van der Waals surface area (Å²) in [5.74, 6) is -0.786. The Morgan fingerprint density at radius 3 is 2.54 bits per heavy atom. The van der Waals surface area contributed by atoms with Crippen LogP contribution in [0.25, 0.3) is 0 Å². The molecule has 0 aliphatic heterocycles. The Bertz CT molecular complexity index is 341. The van der Waals surface area contributed by atoms with Crippen molar-refractivity contribution in [3.63, 3.8) is 0 Å². The Balaban J connectivity index is 2.36. The minimum Gasteiger partial charge on any atom is -0.481 e. The van der Waals surface area contributed by atoms with Gasteiger partial charge in [0.15, 0.2) is 0 Å². The van der Waals surface area contributed by atoms with Crippen LogP contribution in [0.15, 0.2) is 12.4 Å². The molecule has 1 N–H and O–H groups in total. The largest absolute Gasteiger partial charge is 0.481 e. The maximum atomic E-state index is 10.9. The predicted octanol–water partition coefficient (Wildman–Crippen LogP) is 0.901. The van der Waals surface area contributed by atoms with Crippen LogP contribution in [0, 0.1) is 6.92 Å². The zero-order chi connectivity index (χ0) is 9.47. The maximum Gasteiger partial charge on any atom is 0.315 e. The van der Waals surface area contributed by atoms with E-state index in [-0.39, 0.29) is 0 Å². The van der Waals surface area contributed by atoms with Crippen molar-refractivity contribution in [2.45, 2.75) is 25.2 Å². The lowest BCUT2D eigenvalue weighted by atomic mass is 10.0. The third kappa shape index (κ3) is 1.18. The van der Waals surface area contributed by atoms with Gasteiger partial charge < -0.3 is 5.11 Å². The minimum atomic E-state index is -0.786.